The highest BCUT2D eigenvalue weighted by molar-refractivity contribution is 8.13. The summed E-state index contributed by atoms with van der Waals surface area (Å²) in [5.74, 6) is -0.840. The van der Waals surface area contributed by atoms with Crippen molar-refractivity contribution in [2.45, 2.75) is 18.8 Å². The smallest absolute Gasteiger partial charge is 0.238 e. The van der Waals surface area contributed by atoms with E-state index in [9.17, 15) is 9.18 Å². The predicted molar refractivity (Wildman–Crippen MR) is 96.5 cm³/mol. The lowest BCUT2D eigenvalue weighted by Gasteiger charge is -2.15. The first-order chi connectivity index (χ1) is 11.3. The van der Waals surface area contributed by atoms with E-state index in [1.54, 1.807) is 12.1 Å². The number of rotatable bonds is 5. The first-order valence-electron chi connectivity index (χ1n) is 6.67. The topological polar surface area (TPSA) is 65.2 Å². The number of nitrogens with two attached hydrogens (primary N) is 1. The molecule has 0 radical (unpaired) electrons. The Kier molecular flexibility index (Phi) is 6.57. The summed E-state index contributed by atoms with van der Waals surface area (Å²) in [6, 6.07) is 7.12. The SMILES string of the molecule is C[C@@H](Oc1nc(F)c(Cl)c(N)c1Cl)C(=O)SCc1ccc(Cl)cc1. The van der Waals surface area contributed by atoms with E-state index in [-0.39, 0.29) is 26.7 Å². The van der Waals surface area contributed by atoms with E-state index in [1.165, 1.54) is 6.92 Å². The molecule has 2 rings (SSSR count). The summed E-state index contributed by atoms with van der Waals surface area (Å²) in [5, 5.41) is -0.168. The molecule has 2 aromatic rings. The number of hydrogen-bond donors (Lipinski definition) is 1. The van der Waals surface area contributed by atoms with Gasteiger partial charge >= 0.3 is 0 Å². The molecule has 0 amide bonds. The van der Waals surface area contributed by atoms with E-state index in [0.717, 1.165) is 17.3 Å². The van der Waals surface area contributed by atoms with Crippen LogP contribution in [0.25, 0.3) is 0 Å². The Balaban J connectivity index is 2.00. The fourth-order valence-electron chi connectivity index (χ4n) is 1.66. The first-order valence-corrected chi connectivity index (χ1v) is 8.79. The molecular formula is C15H12Cl3FN2O2S. The molecule has 24 heavy (non-hydrogen) atoms. The molecule has 0 bridgehead atoms. The van der Waals surface area contributed by atoms with Crippen LogP contribution in [-0.2, 0) is 10.5 Å². The lowest BCUT2D eigenvalue weighted by Crippen LogP contribution is -2.22. The quantitative estimate of drug-likeness (QED) is 0.705. The lowest BCUT2D eigenvalue weighted by molar-refractivity contribution is -0.116. The maximum atomic E-state index is 13.5. The lowest BCUT2D eigenvalue weighted by atomic mass is 10.2. The summed E-state index contributed by atoms with van der Waals surface area (Å²) >= 11 is 18.4. The van der Waals surface area contributed by atoms with Crippen molar-refractivity contribution in [2.24, 2.45) is 0 Å². The summed E-state index contributed by atoms with van der Waals surface area (Å²) in [5.41, 5.74) is 6.30. The van der Waals surface area contributed by atoms with Crippen LogP contribution in [0.1, 0.15) is 12.5 Å². The molecular weight excluding hydrogens is 398 g/mol. The van der Waals surface area contributed by atoms with Crippen molar-refractivity contribution in [1.29, 1.82) is 0 Å². The van der Waals surface area contributed by atoms with Gasteiger partial charge in [-0.2, -0.15) is 9.37 Å². The molecule has 0 unspecified atom stereocenters. The molecule has 1 atom stereocenters. The van der Waals surface area contributed by atoms with E-state index in [1.807, 2.05) is 12.1 Å². The maximum Gasteiger partial charge on any atom is 0.238 e. The van der Waals surface area contributed by atoms with Gasteiger partial charge in [0.1, 0.15) is 10.0 Å². The Morgan fingerprint density at radius 3 is 2.54 bits per heavy atom. The second-order valence-electron chi connectivity index (χ2n) is 4.74. The van der Waals surface area contributed by atoms with E-state index in [0.29, 0.717) is 10.8 Å². The van der Waals surface area contributed by atoms with Crippen molar-refractivity contribution in [3.05, 3.63) is 50.8 Å². The van der Waals surface area contributed by atoms with Gasteiger partial charge in [-0.1, -0.05) is 58.7 Å². The summed E-state index contributed by atoms with van der Waals surface area (Å²) in [7, 11) is 0. The molecule has 128 valence electrons. The summed E-state index contributed by atoms with van der Waals surface area (Å²) in [6.45, 7) is 1.51. The number of thioether (sulfide) groups is 1. The molecule has 0 aliphatic rings. The zero-order valence-electron chi connectivity index (χ0n) is 12.4. The number of pyridine rings is 1. The number of ether oxygens (including phenoxy) is 1. The highest BCUT2D eigenvalue weighted by Crippen LogP contribution is 2.36. The molecule has 0 aliphatic carbocycles. The van der Waals surface area contributed by atoms with Crippen molar-refractivity contribution in [3.8, 4) is 5.88 Å². The molecule has 1 aromatic carbocycles. The highest BCUT2D eigenvalue weighted by atomic mass is 35.5. The van der Waals surface area contributed by atoms with E-state index in [4.69, 9.17) is 45.3 Å². The second-order valence-corrected chi connectivity index (χ2v) is 6.92. The normalized spacial score (nSPS) is 12.0. The van der Waals surface area contributed by atoms with Crippen molar-refractivity contribution in [3.63, 3.8) is 0 Å². The van der Waals surface area contributed by atoms with Gasteiger partial charge in [0.05, 0.1) is 5.69 Å². The van der Waals surface area contributed by atoms with E-state index >= 15 is 0 Å². The number of nitrogen functional groups attached to an aromatic ring is 1. The Hall–Kier alpha value is -1.21. The predicted octanol–water partition coefficient (Wildman–Crippen LogP) is 4.99. The van der Waals surface area contributed by atoms with Gasteiger partial charge in [0, 0.05) is 10.8 Å². The standard InChI is InChI=1S/C15H12Cl3FN2O2S/c1-7(15(22)24-6-8-2-4-9(16)5-3-8)23-14-11(18)12(20)10(17)13(19)21-14/h2-5,7H,6H2,1H3,(H2,20,21)/t7-/m1/s1. The van der Waals surface area contributed by atoms with Crippen molar-refractivity contribution in [2.75, 3.05) is 5.73 Å². The van der Waals surface area contributed by atoms with Crippen LogP contribution in [0, 0.1) is 5.95 Å². The summed E-state index contributed by atoms with van der Waals surface area (Å²) in [4.78, 5) is 15.6. The molecule has 1 heterocycles. The van der Waals surface area contributed by atoms with Gasteiger partial charge < -0.3 is 10.5 Å². The number of aromatic nitrogens is 1. The fourth-order valence-corrected chi connectivity index (χ4v) is 2.93. The minimum Gasteiger partial charge on any atom is -0.464 e. The van der Waals surface area contributed by atoms with Gasteiger partial charge in [-0.15, -0.1) is 0 Å². The van der Waals surface area contributed by atoms with E-state index < -0.39 is 12.1 Å². The van der Waals surface area contributed by atoms with Crippen LogP contribution in [0.5, 0.6) is 5.88 Å². The molecule has 1 aromatic heterocycles. The van der Waals surface area contributed by atoms with Crippen LogP contribution in [0.15, 0.2) is 24.3 Å². The Labute approximate surface area is 157 Å². The minimum atomic E-state index is -1.01. The third-order valence-electron chi connectivity index (χ3n) is 2.96. The Morgan fingerprint density at radius 2 is 1.92 bits per heavy atom. The van der Waals surface area contributed by atoms with Crippen LogP contribution in [0.3, 0.4) is 0 Å². The minimum absolute atomic E-state index is 0.135. The largest absolute Gasteiger partial charge is 0.464 e. The van der Waals surface area contributed by atoms with Crippen LogP contribution in [-0.4, -0.2) is 16.2 Å². The number of carbonyl (C=O) groups is 1. The fraction of sp³-hybridized carbons (Fsp3) is 0.200. The van der Waals surface area contributed by atoms with Gasteiger partial charge in [0.2, 0.25) is 16.9 Å². The average Bonchev–Trinajstić information content (AvgIpc) is 2.56. The van der Waals surface area contributed by atoms with Crippen LogP contribution in [0.4, 0.5) is 10.1 Å². The molecule has 9 heteroatoms. The summed E-state index contributed by atoms with van der Waals surface area (Å²) < 4.78 is 18.8. The summed E-state index contributed by atoms with van der Waals surface area (Å²) in [6.07, 6.45) is -0.896. The van der Waals surface area contributed by atoms with Gasteiger partial charge in [-0.3, -0.25) is 4.79 Å². The molecule has 0 saturated heterocycles. The first kappa shape index (κ1) is 19.1. The van der Waals surface area contributed by atoms with Gasteiger partial charge in [-0.05, 0) is 24.6 Å². The zero-order valence-corrected chi connectivity index (χ0v) is 15.4. The second kappa shape index (κ2) is 8.25. The van der Waals surface area contributed by atoms with Crippen LogP contribution < -0.4 is 10.5 Å². The maximum absolute atomic E-state index is 13.5. The van der Waals surface area contributed by atoms with Gasteiger partial charge in [0.25, 0.3) is 0 Å². The van der Waals surface area contributed by atoms with Crippen molar-refractivity contribution < 1.29 is 13.9 Å². The number of halogens is 4. The van der Waals surface area contributed by atoms with Crippen LogP contribution in [0.2, 0.25) is 15.1 Å². The number of nitrogens with zero attached hydrogens (tertiary/aromatic N) is 1. The van der Waals surface area contributed by atoms with E-state index in [2.05, 4.69) is 4.98 Å². The van der Waals surface area contributed by atoms with Crippen LogP contribution >= 0.6 is 46.6 Å². The van der Waals surface area contributed by atoms with Gasteiger partial charge in [-0.25, -0.2) is 0 Å². The number of hydrogen-bond acceptors (Lipinski definition) is 5. The third-order valence-corrected chi connectivity index (χ3v) is 5.03. The number of carbonyl (C=O) groups excluding carboxylic acids is 1. The molecule has 2 N–H and O–H groups in total. The van der Waals surface area contributed by atoms with Crippen molar-refractivity contribution in [1.82, 2.24) is 4.98 Å². The Morgan fingerprint density at radius 1 is 1.29 bits per heavy atom. The third kappa shape index (κ3) is 4.66. The molecule has 0 fully saturated rings. The monoisotopic (exact) mass is 408 g/mol. The number of anilines is 1. The van der Waals surface area contributed by atoms with Gasteiger partial charge in [0.15, 0.2) is 6.10 Å². The molecule has 4 nitrogen and oxygen atoms in total. The molecule has 0 saturated carbocycles. The number of benzene rings is 1. The zero-order chi connectivity index (χ0) is 17.9. The molecule has 0 aliphatic heterocycles. The Bertz CT molecular complexity index is 759. The van der Waals surface area contributed by atoms with Crippen molar-refractivity contribution >= 4 is 57.4 Å². The average molecular weight is 410 g/mol. The molecule has 0 spiro atoms. The highest BCUT2D eigenvalue weighted by Gasteiger charge is 2.21.